The first-order chi connectivity index (χ1) is 14.4. The van der Waals surface area contributed by atoms with Crippen molar-refractivity contribution in [2.24, 2.45) is 7.05 Å². The maximum absolute atomic E-state index is 13.0. The minimum Gasteiger partial charge on any atom is -0.338 e. The van der Waals surface area contributed by atoms with Crippen LogP contribution < -0.4 is 10.5 Å². The lowest BCUT2D eigenvalue weighted by molar-refractivity contribution is -0.120. The second-order valence-corrected chi connectivity index (χ2v) is 9.04. The molecule has 0 saturated carbocycles. The molecule has 0 radical (unpaired) electrons. The van der Waals surface area contributed by atoms with Gasteiger partial charge >= 0.3 is 0 Å². The number of fused-ring (bicyclic) bond motifs is 1. The van der Waals surface area contributed by atoms with Crippen molar-refractivity contribution < 1.29 is 4.79 Å². The van der Waals surface area contributed by atoms with Gasteiger partial charge in [0.1, 0.15) is 5.82 Å². The molecule has 1 atom stereocenters. The van der Waals surface area contributed by atoms with Crippen LogP contribution in [-0.2, 0) is 24.8 Å². The molecule has 158 valence electrons. The molecule has 1 fully saturated rings. The van der Waals surface area contributed by atoms with Crippen LogP contribution in [0.4, 0.5) is 5.13 Å². The largest absolute Gasteiger partial charge is 0.338 e. The van der Waals surface area contributed by atoms with E-state index >= 15 is 0 Å². The van der Waals surface area contributed by atoms with Crippen LogP contribution in [0, 0.1) is 0 Å². The Bertz CT molecular complexity index is 1110. The molecule has 1 aliphatic rings. The van der Waals surface area contributed by atoms with Gasteiger partial charge in [-0.15, -0.1) is 0 Å². The smallest absolute Gasteiger partial charge is 0.280 e. The number of benzene rings is 1. The number of hydrogen-bond acceptors (Lipinski definition) is 7. The maximum atomic E-state index is 13.0. The maximum Gasteiger partial charge on any atom is 0.280 e. The van der Waals surface area contributed by atoms with Gasteiger partial charge in [-0.25, -0.2) is 9.97 Å². The molecule has 3 aromatic rings. The molecular weight excluding hydrogens is 398 g/mol. The summed E-state index contributed by atoms with van der Waals surface area (Å²) < 4.78 is 1.57. The molecule has 2 aromatic heterocycles. The molecule has 1 saturated heterocycles. The summed E-state index contributed by atoms with van der Waals surface area (Å²) in [5.41, 5.74) is 1.43. The minimum absolute atomic E-state index is 0.134. The van der Waals surface area contributed by atoms with Crippen molar-refractivity contribution >= 4 is 32.6 Å². The van der Waals surface area contributed by atoms with Gasteiger partial charge in [-0.3, -0.25) is 14.2 Å². The number of ketones is 1. The molecule has 4 rings (SSSR count). The van der Waals surface area contributed by atoms with Gasteiger partial charge in [0.25, 0.3) is 5.56 Å². The second-order valence-electron chi connectivity index (χ2n) is 8.08. The zero-order valence-electron chi connectivity index (χ0n) is 17.7. The predicted molar refractivity (Wildman–Crippen MR) is 120 cm³/mol. The zero-order valence-corrected chi connectivity index (χ0v) is 18.5. The van der Waals surface area contributed by atoms with Crippen LogP contribution in [0.15, 0.2) is 35.1 Å². The number of aromatic nitrogens is 3. The van der Waals surface area contributed by atoms with E-state index in [-0.39, 0.29) is 17.4 Å². The topological polar surface area (TPSA) is 71.3 Å². The minimum atomic E-state index is -0.167. The van der Waals surface area contributed by atoms with Crippen LogP contribution in [-0.4, -0.2) is 51.9 Å². The molecule has 7 nitrogen and oxygen atoms in total. The van der Waals surface area contributed by atoms with E-state index in [4.69, 9.17) is 0 Å². The van der Waals surface area contributed by atoms with Crippen LogP contribution >= 0.6 is 11.3 Å². The number of carbonyl (C=O) groups is 1. The van der Waals surface area contributed by atoms with Gasteiger partial charge in [0.2, 0.25) is 0 Å². The molecule has 0 aliphatic carbocycles. The van der Waals surface area contributed by atoms with Gasteiger partial charge in [0.15, 0.2) is 21.3 Å². The zero-order chi connectivity index (χ0) is 21.3. The van der Waals surface area contributed by atoms with E-state index in [1.165, 1.54) is 16.9 Å². The Balaban J connectivity index is 1.57. The number of rotatable bonds is 7. The Morgan fingerprint density at radius 3 is 2.73 bits per heavy atom. The first-order valence-electron chi connectivity index (χ1n) is 10.3. The van der Waals surface area contributed by atoms with E-state index in [1.807, 2.05) is 37.2 Å². The Kier molecular flexibility index (Phi) is 5.97. The fourth-order valence-electron chi connectivity index (χ4n) is 3.94. The number of hydrogen-bond donors (Lipinski definition) is 0. The number of nitrogens with zero attached hydrogens (tertiary/aromatic N) is 5. The number of Topliss-reactive ketones (excluding diaryl/α,β-unsaturated/α-hetero) is 1. The van der Waals surface area contributed by atoms with Gasteiger partial charge in [-0.05, 0) is 38.9 Å². The van der Waals surface area contributed by atoms with E-state index in [9.17, 15) is 9.59 Å². The molecule has 0 bridgehead atoms. The predicted octanol–water partition coefficient (Wildman–Crippen LogP) is 2.62. The lowest BCUT2D eigenvalue weighted by Crippen LogP contribution is -2.36. The second kappa shape index (κ2) is 8.65. The summed E-state index contributed by atoms with van der Waals surface area (Å²) in [5, 5.41) is 0.729. The molecule has 8 heteroatoms. The van der Waals surface area contributed by atoms with Crippen molar-refractivity contribution in [2.75, 3.05) is 25.5 Å². The van der Waals surface area contributed by atoms with Crippen molar-refractivity contribution in [1.29, 1.82) is 0 Å². The number of aryl methyl sites for hydroxylation is 1. The fourth-order valence-corrected chi connectivity index (χ4v) is 4.97. The highest BCUT2D eigenvalue weighted by atomic mass is 32.1. The molecule has 1 aromatic carbocycles. The molecule has 1 aliphatic heterocycles. The standard InChI is InChI=1S/C22H27N5O2S/c1-25(2)14-18-23-20-19(21(29)26(18)3)24-22(30-20)27-13-7-10-16(27)17(28)12-11-15-8-5-4-6-9-15/h4-6,8-9,16H,7,10-14H2,1-3H3/t16-/m1/s1. The monoisotopic (exact) mass is 425 g/mol. The van der Waals surface area contributed by atoms with Crippen molar-refractivity contribution in [3.8, 4) is 0 Å². The third-order valence-corrected chi connectivity index (χ3v) is 6.54. The molecule has 0 spiro atoms. The summed E-state index contributed by atoms with van der Waals surface area (Å²) in [6, 6.07) is 9.93. The summed E-state index contributed by atoms with van der Waals surface area (Å²) in [7, 11) is 5.63. The van der Waals surface area contributed by atoms with Crippen LogP contribution in [0.3, 0.4) is 0 Å². The van der Waals surface area contributed by atoms with Gasteiger partial charge in [-0.2, -0.15) is 0 Å². The average Bonchev–Trinajstić information content (AvgIpc) is 3.37. The quantitative estimate of drug-likeness (QED) is 0.580. The van der Waals surface area contributed by atoms with E-state index in [0.29, 0.717) is 29.1 Å². The third kappa shape index (κ3) is 4.15. The Morgan fingerprint density at radius 2 is 2.00 bits per heavy atom. The van der Waals surface area contributed by atoms with Gasteiger partial charge in [0, 0.05) is 20.0 Å². The summed E-state index contributed by atoms with van der Waals surface area (Å²) in [6.07, 6.45) is 3.05. The van der Waals surface area contributed by atoms with Gasteiger partial charge in [-0.1, -0.05) is 41.7 Å². The van der Waals surface area contributed by atoms with Gasteiger partial charge in [0.05, 0.1) is 12.6 Å². The molecular formula is C22H27N5O2S. The SMILES string of the molecule is CN(C)Cc1nc2sc(N3CCC[C@@H]3C(=O)CCc3ccccc3)nc2c(=O)n1C. The Morgan fingerprint density at radius 1 is 1.23 bits per heavy atom. The van der Waals surface area contributed by atoms with E-state index in [2.05, 4.69) is 27.0 Å². The van der Waals surface area contributed by atoms with Crippen molar-refractivity contribution in [3.05, 3.63) is 52.1 Å². The highest BCUT2D eigenvalue weighted by Gasteiger charge is 2.32. The Hall–Kier alpha value is -2.58. The van der Waals surface area contributed by atoms with Crippen molar-refractivity contribution in [3.63, 3.8) is 0 Å². The first kappa shape index (κ1) is 20.7. The summed E-state index contributed by atoms with van der Waals surface area (Å²) in [4.78, 5) is 39.8. The number of carbonyl (C=O) groups excluding carboxylic acids is 1. The lowest BCUT2D eigenvalue weighted by atomic mass is 10.0. The molecule has 30 heavy (non-hydrogen) atoms. The lowest BCUT2D eigenvalue weighted by Gasteiger charge is -2.22. The van der Waals surface area contributed by atoms with E-state index in [1.54, 1.807) is 11.6 Å². The van der Waals surface area contributed by atoms with Crippen LogP contribution in [0.5, 0.6) is 0 Å². The van der Waals surface area contributed by atoms with Crippen LogP contribution in [0.2, 0.25) is 0 Å². The summed E-state index contributed by atoms with van der Waals surface area (Å²) >= 11 is 1.41. The molecule has 0 unspecified atom stereocenters. The van der Waals surface area contributed by atoms with E-state index in [0.717, 1.165) is 30.9 Å². The van der Waals surface area contributed by atoms with Crippen LogP contribution in [0.25, 0.3) is 10.3 Å². The summed E-state index contributed by atoms with van der Waals surface area (Å²) in [5.74, 6) is 0.953. The molecule has 0 amide bonds. The number of thiazole rings is 1. The average molecular weight is 426 g/mol. The normalized spacial score (nSPS) is 16.7. The third-order valence-electron chi connectivity index (χ3n) is 5.55. The first-order valence-corrected chi connectivity index (χ1v) is 11.1. The highest BCUT2D eigenvalue weighted by molar-refractivity contribution is 7.21. The molecule has 3 heterocycles. The van der Waals surface area contributed by atoms with Gasteiger partial charge < -0.3 is 9.80 Å². The molecule has 0 N–H and O–H groups in total. The van der Waals surface area contributed by atoms with E-state index < -0.39 is 0 Å². The number of anilines is 1. The highest BCUT2D eigenvalue weighted by Crippen LogP contribution is 2.32. The fraction of sp³-hybridized carbons (Fsp3) is 0.455. The Labute approximate surface area is 180 Å². The summed E-state index contributed by atoms with van der Waals surface area (Å²) in [6.45, 7) is 1.37. The van der Waals surface area contributed by atoms with Crippen LogP contribution in [0.1, 0.15) is 30.7 Å². The van der Waals surface area contributed by atoms with Crippen molar-refractivity contribution in [2.45, 2.75) is 38.3 Å². The van der Waals surface area contributed by atoms with Crippen molar-refractivity contribution in [1.82, 2.24) is 19.4 Å².